The second kappa shape index (κ2) is 7.75. The van der Waals surface area contributed by atoms with Gasteiger partial charge in [0.2, 0.25) is 0 Å². The van der Waals surface area contributed by atoms with Crippen molar-refractivity contribution in [3.05, 3.63) is 65.4 Å². The van der Waals surface area contributed by atoms with E-state index in [1.807, 2.05) is 12.1 Å². The number of nitrogens with two attached hydrogens (primary N) is 1. The Labute approximate surface area is 150 Å². The fourth-order valence-corrected chi connectivity index (χ4v) is 2.59. The molecule has 24 heavy (non-hydrogen) atoms. The fourth-order valence-electron chi connectivity index (χ4n) is 2.47. The molecular formula is C17H16Cl2FN3O. The molecule has 2 aromatic carbocycles. The van der Waals surface area contributed by atoms with Crippen LogP contribution >= 0.6 is 24.0 Å². The Morgan fingerprint density at radius 2 is 1.88 bits per heavy atom. The van der Waals surface area contributed by atoms with Crippen molar-refractivity contribution in [2.45, 2.75) is 11.9 Å². The number of hydrogen-bond donors (Lipinski definition) is 1. The Bertz CT molecular complexity index is 843. The maximum absolute atomic E-state index is 14.3. The highest BCUT2D eigenvalue weighted by atomic mass is 35.5. The van der Waals surface area contributed by atoms with Crippen LogP contribution in [0, 0.1) is 5.82 Å². The normalized spacial score (nSPS) is 11.8. The molecule has 0 aliphatic carbocycles. The van der Waals surface area contributed by atoms with Crippen molar-refractivity contribution in [1.29, 1.82) is 0 Å². The lowest BCUT2D eigenvalue weighted by Gasteiger charge is -2.16. The molecule has 1 unspecified atom stereocenters. The third kappa shape index (κ3) is 3.43. The maximum atomic E-state index is 14.3. The Balaban J connectivity index is 0.00000208. The Morgan fingerprint density at radius 3 is 2.50 bits per heavy atom. The molecule has 1 heterocycles. The molecule has 0 saturated carbocycles. The van der Waals surface area contributed by atoms with E-state index in [0.29, 0.717) is 22.4 Å². The molecule has 1 atom stereocenters. The third-order valence-electron chi connectivity index (χ3n) is 3.64. The number of ether oxygens (including phenoxy) is 1. The van der Waals surface area contributed by atoms with Crippen LogP contribution in [-0.2, 0) is 5.88 Å². The van der Waals surface area contributed by atoms with E-state index in [4.69, 9.17) is 22.1 Å². The predicted octanol–water partition coefficient (Wildman–Crippen LogP) is 3.99. The summed E-state index contributed by atoms with van der Waals surface area (Å²) in [5.74, 6) is 0.877. The number of halogens is 3. The number of fused-ring (bicyclic) bond motifs is 1. The average Bonchev–Trinajstić information content (AvgIpc) is 2.60. The van der Waals surface area contributed by atoms with Crippen LogP contribution in [-0.4, -0.2) is 17.1 Å². The molecular weight excluding hydrogens is 352 g/mol. The lowest BCUT2D eigenvalue weighted by atomic mass is 10.0. The molecule has 0 amide bonds. The summed E-state index contributed by atoms with van der Waals surface area (Å²) in [4.78, 5) is 8.62. The standard InChI is InChI=1S/C17H15ClFN3O.ClH/c1-23-11-7-5-10(6-8-11)16(20)17-15-12(19)3-2-4-13(15)21-14(9-18)22-17;/h2-8,16H,9,20H2,1H3;1H. The summed E-state index contributed by atoms with van der Waals surface area (Å²) in [5.41, 5.74) is 8.05. The van der Waals surface area contributed by atoms with Gasteiger partial charge in [0.15, 0.2) is 0 Å². The van der Waals surface area contributed by atoms with E-state index in [2.05, 4.69) is 9.97 Å². The second-order valence-electron chi connectivity index (χ2n) is 5.04. The van der Waals surface area contributed by atoms with Crippen molar-refractivity contribution >= 4 is 34.9 Å². The minimum Gasteiger partial charge on any atom is -0.497 e. The minimum absolute atomic E-state index is 0. The van der Waals surface area contributed by atoms with Crippen molar-refractivity contribution in [2.75, 3.05) is 7.11 Å². The molecule has 0 aliphatic rings. The van der Waals surface area contributed by atoms with Crippen molar-refractivity contribution in [2.24, 2.45) is 5.73 Å². The van der Waals surface area contributed by atoms with Gasteiger partial charge >= 0.3 is 0 Å². The summed E-state index contributed by atoms with van der Waals surface area (Å²) in [6.07, 6.45) is 0. The van der Waals surface area contributed by atoms with Crippen molar-refractivity contribution in [3.63, 3.8) is 0 Å². The molecule has 3 rings (SSSR count). The highest BCUT2D eigenvalue weighted by Crippen LogP contribution is 2.28. The Morgan fingerprint density at radius 1 is 1.17 bits per heavy atom. The van der Waals surface area contributed by atoms with Gasteiger partial charge in [-0.1, -0.05) is 18.2 Å². The molecule has 0 saturated heterocycles. The molecule has 1 aromatic heterocycles. The van der Waals surface area contributed by atoms with Gasteiger partial charge in [0, 0.05) is 0 Å². The second-order valence-corrected chi connectivity index (χ2v) is 5.31. The molecule has 4 nitrogen and oxygen atoms in total. The lowest BCUT2D eigenvalue weighted by Crippen LogP contribution is -2.16. The zero-order chi connectivity index (χ0) is 16.4. The van der Waals surface area contributed by atoms with Crippen LogP contribution in [0.1, 0.15) is 23.1 Å². The summed E-state index contributed by atoms with van der Waals surface area (Å²) >= 11 is 5.85. The molecule has 2 N–H and O–H groups in total. The van der Waals surface area contributed by atoms with Crippen LogP contribution in [0.25, 0.3) is 10.9 Å². The summed E-state index contributed by atoms with van der Waals surface area (Å²) in [6, 6.07) is 11.4. The summed E-state index contributed by atoms with van der Waals surface area (Å²) in [7, 11) is 1.59. The SMILES string of the molecule is COc1ccc(C(N)c2nc(CCl)nc3cccc(F)c23)cc1.Cl. The van der Waals surface area contributed by atoms with E-state index in [-0.39, 0.29) is 18.3 Å². The van der Waals surface area contributed by atoms with E-state index in [1.165, 1.54) is 6.07 Å². The topological polar surface area (TPSA) is 61.0 Å². The Hall–Kier alpha value is -1.95. The molecule has 0 fully saturated rings. The van der Waals surface area contributed by atoms with Gasteiger partial charge in [-0.15, -0.1) is 24.0 Å². The van der Waals surface area contributed by atoms with Gasteiger partial charge in [0.05, 0.1) is 35.6 Å². The zero-order valence-electron chi connectivity index (χ0n) is 12.9. The van der Waals surface area contributed by atoms with Gasteiger partial charge in [0.25, 0.3) is 0 Å². The first kappa shape index (κ1) is 18.4. The molecule has 7 heteroatoms. The molecule has 3 aromatic rings. The van der Waals surface area contributed by atoms with E-state index < -0.39 is 11.9 Å². The van der Waals surface area contributed by atoms with Crippen LogP contribution in [0.4, 0.5) is 4.39 Å². The first-order valence-corrected chi connectivity index (χ1v) is 7.58. The number of hydrogen-bond acceptors (Lipinski definition) is 4. The fraction of sp³-hybridized carbons (Fsp3) is 0.176. The van der Waals surface area contributed by atoms with Gasteiger partial charge in [-0.3, -0.25) is 0 Å². The van der Waals surface area contributed by atoms with E-state index in [0.717, 1.165) is 11.3 Å². The number of methoxy groups -OCH3 is 1. The number of aromatic nitrogens is 2. The Kier molecular flexibility index (Phi) is 5.94. The number of rotatable bonds is 4. The molecule has 0 aliphatic heterocycles. The van der Waals surface area contributed by atoms with Crippen LogP contribution in [0.15, 0.2) is 42.5 Å². The molecule has 0 spiro atoms. The van der Waals surface area contributed by atoms with Gasteiger partial charge < -0.3 is 10.5 Å². The van der Waals surface area contributed by atoms with Crippen molar-refractivity contribution in [3.8, 4) is 5.75 Å². The van der Waals surface area contributed by atoms with Gasteiger partial charge in [0.1, 0.15) is 17.4 Å². The first-order chi connectivity index (χ1) is 11.1. The zero-order valence-corrected chi connectivity index (χ0v) is 14.4. The average molecular weight is 368 g/mol. The smallest absolute Gasteiger partial charge is 0.144 e. The van der Waals surface area contributed by atoms with Gasteiger partial charge in [-0.25, -0.2) is 14.4 Å². The number of benzene rings is 2. The quantitative estimate of drug-likeness (QED) is 0.708. The lowest BCUT2D eigenvalue weighted by molar-refractivity contribution is 0.414. The van der Waals surface area contributed by atoms with Crippen molar-refractivity contribution < 1.29 is 9.13 Å². The minimum atomic E-state index is -0.592. The van der Waals surface area contributed by atoms with E-state index in [9.17, 15) is 4.39 Å². The number of nitrogens with zero attached hydrogens (tertiary/aromatic N) is 2. The van der Waals surface area contributed by atoms with Gasteiger partial charge in [-0.2, -0.15) is 0 Å². The summed E-state index contributed by atoms with van der Waals surface area (Å²) < 4.78 is 19.4. The van der Waals surface area contributed by atoms with Gasteiger partial charge in [-0.05, 0) is 29.8 Å². The highest BCUT2D eigenvalue weighted by molar-refractivity contribution is 6.16. The molecule has 0 bridgehead atoms. The molecule has 0 radical (unpaired) electrons. The van der Waals surface area contributed by atoms with Crippen molar-refractivity contribution in [1.82, 2.24) is 9.97 Å². The van der Waals surface area contributed by atoms with Crippen LogP contribution in [0.2, 0.25) is 0 Å². The molecule has 126 valence electrons. The summed E-state index contributed by atoms with van der Waals surface area (Å²) in [5, 5.41) is 0.324. The third-order valence-corrected chi connectivity index (χ3v) is 3.87. The summed E-state index contributed by atoms with van der Waals surface area (Å²) in [6.45, 7) is 0. The number of alkyl halides is 1. The van der Waals surface area contributed by atoms with E-state index in [1.54, 1.807) is 31.4 Å². The largest absolute Gasteiger partial charge is 0.497 e. The monoisotopic (exact) mass is 367 g/mol. The van der Waals surface area contributed by atoms with E-state index >= 15 is 0 Å². The first-order valence-electron chi connectivity index (χ1n) is 7.04. The maximum Gasteiger partial charge on any atom is 0.144 e. The van der Waals surface area contributed by atoms with Crippen LogP contribution in [0.5, 0.6) is 5.75 Å². The van der Waals surface area contributed by atoms with Crippen LogP contribution < -0.4 is 10.5 Å². The van der Waals surface area contributed by atoms with Crippen LogP contribution in [0.3, 0.4) is 0 Å². The highest BCUT2D eigenvalue weighted by Gasteiger charge is 2.19. The predicted molar refractivity (Wildman–Crippen MR) is 95.3 cm³/mol.